The Morgan fingerprint density at radius 1 is 1.07 bits per heavy atom. The third kappa shape index (κ3) is 3.86. The fraction of sp³-hybridized carbons (Fsp3) is 0.136. The SMILES string of the molecule is Cc1nn2cccnc2c1C(=O)NCc1cccc(OCc2ccccc2)c1. The summed E-state index contributed by atoms with van der Waals surface area (Å²) in [6.45, 7) is 2.70. The molecule has 0 unspecified atom stereocenters. The number of aromatic nitrogens is 3. The van der Waals surface area contributed by atoms with Crippen LogP contribution in [0.2, 0.25) is 0 Å². The van der Waals surface area contributed by atoms with Crippen molar-refractivity contribution in [3.8, 4) is 5.75 Å². The summed E-state index contributed by atoms with van der Waals surface area (Å²) in [4.78, 5) is 16.9. The fourth-order valence-corrected chi connectivity index (χ4v) is 3.02. The zero-order valence-corrected chi connectivity index (χ0v) is 15.5. The Balaban J connectivity index is 1.42. The summed E-state index contributed by atoms with van der Waals surface area (Å²) < 4.78 is 7.47. The Morgan fingerprint density at radius 2 is 1.89 bits per heavy atom. The van der Waals surface area contributed by atoms with Gasteiger partial charge >= 0.3 is 0 Å². The van der Waals surface area contributed by atoms with Crippen molar-refractivity contribution in [2.24, 2.45) is 0 Å². The molecule has 1 N–H and O–H groups in total. The predicted molar refractivity (Wildman–Crippen MR) is 106 cm³/mol. The zero-order valence-electron chi connectivity index (χ0n) is 15.5. The third-order valence-corrected chi connectivity index (χ3v) is 4.40. The van der Waals surface area contributed by atoms with E-state index in [4.69, 9.17) is 4.74 Å². The molecule has 6 nitrogen and oxygen atoms in total. The topological polar surface area (TPSA) is 68.5 Å². The lowest BCUT2D eigenvalue weighted by atomic mass is 10.2. The van der Waals surface area contributed by atoms with Crippen LogP contribution in [0.4, 0.5) is 0 Å². The van der Waals surface area contributed by atoms with Crippen LogP contribution in [0.3, 0.4) is 0 Å². The highest BCUT2D eigenvalue weighted by molar-refractivity contribution is 6.00. The van der Waals surface area contributed by atoms with Gasteiger partial charge in [0, 0.05) is 18.9 Å². The van der Waals surface area contributed by atoms with E-state index in [1.165, 1.54) is 0 Å². The van der Waals surface area contributed by atoms with Crippen molar-refractivity contribution in [2.75, 3.05) is 0 Å². The van der Waals surface area contributed by atoms with Gasteiger partial charge in [0.15, 0.2) is 5.65 Å². The number of fused-ring (bicyclic) bond motifs is 1. The van der Waals surface area contributed by atoms with E-state index in [9.17, 15) is 4.79 Å². The first-order valence-corrected chi connectivity index (χ1v) is 9.04. The quantitative estimate of drug-likeness (QED) is 0.562. The summed E-state index contributed by atoms with van der Waals surface area (Å²) in [6.07, 6.45) is 3.43. The van der Waals surface area contributed by atoms with Crippen molar-refractivity contribution in [2.45, 2.75) is 20.1 Å². The van der Waals surface area contributed by atoms with Gasteiger partial charge in [-0.25, -0.2) is 9.50 Å². The number of aryl methyl sites for hydroxylation is 1. The summed E-state index contributed by atoms with van der Waals surface area (Å²) >= 11 is 0. The van der Waals surface area contributed by atoms with E-state index < -0.39 is 0 Å². The van der Waals surface area contributed by atoms with Crippen molar-refractivity contribution in [1.29, 1.82) is 0 Å². The first-order valence-electron chi connectivity index (χ1n) is 9.04. The molecule has 0 spiro atoms. The van der Waals surface area contributed by atoms with Crippen LogP contribution in [0.5, 0.6) is 5.75 Å². The molecule has 0 aliphatic carbocycles. The molecule has 0 bridgehead atoms. The Morgan fingerprint density at radius 3 is 2.75 bits per heavy atom. The Kier molecular flexibility index (Phi) is 5.01. The van der Waals surface area contributed by atoms with Crippen molar-refractivity contribution in [3.63, 3.8) is 0 Å². The van der Waals surface area contributed by atoms with Crippen molar-refractivity contribution in [1.82, 2.24) is 19.9 Å². The first kappa shape index (κ1) is 17.7. The van der Waals surface area contributed by atoms with Gasteiger partial charge < -0.3 is 10.1 Å². The van der Waals surface area contributed by atoms with Crippen molar-refractivity contribution in [3.05, 3.63) is 95.4 Å². The van der Waals surface area contributed by atoms with Crippen molar-refractivity contribution < 1.29 is 9.53 Å². The Bertz CT molecular complexity index is 1110. The Hall–Kier alpha value is -3.67. The molecule has 1 amide bonds. The number of rotatable bonds is 6. The molecule has 0 saturated heterocycles. The molecule has 4 rings (SSSR count). The van der Waals surface area contributed by atoms with Crippen LogP contribution in [-0.4, -0.2) is 20.5 Å². The molecule has 6 heteroatoms. The lowest BCUT2D eigenvalue weighted by Gasteiger charge is -2.09. The second kappa shape index (κ2) is 7.92. The number of carbonyl (C=O) groups is 1. The summed E-state index contributed by atoms with van der Waals surface area (Å²) in [5.74, 6) is 0.575. The average molecular weight is 372 g/mol. The van der Waals surface area contributed by atoms with Crippen LogP contribution in [0.1, 0.15) is 27.2 Å². The average Bonchev–Trinajstić information content (AvgIpc) is 3.07. The number of benzene rings is 2. The van der Waals surface area contributed by atoms with Crippen LogP contribution >= 0.6 is 0 Å². The zero-order chi connectivity index (χ0) is 19.3. The van der Waals surface area contributed by atoms with Gasteiger partial charge in [-0.3, -0.25) is 4.79 Å². The largest absolute Gasteiger partial charge is 0.489 e. The van der Waals surface area contributed by atoms with Crippen molar-refractivity contribution >= 4 is 11.6 Å². The molecular formula is C22H20N4O2. The molecule has 140 valence electrons. The summed E-state index contributed by atoms with van der Waals surface area (Å²) in [6, 6.07) is 19.5. The van der Waals surface area contributed by atoms with Gasteiger partial charge in [-0.05, 0) is 36.2 Å². The maximum Gasteiger partial charge on any atom is 0.257 e. The molecular weight excluding hydrogens is 352 g/mol. The molecule has 0 fully saturated rings. The number of carbonyl (C=O) groups excluding carboxylic acids is 1. The molecule has 0 radical (unpaired) electrons. The Labute approximate surface area is 162 Å². The van der Waals surface area contributed by atoms with Crippen LogP contribution in [-0.2, 0) is 13.2 Å². The molecule has 0 aliphatic heterocycles. The van der Waals surface area contributed by atoms with E-state index in [0.717, 1.165) is 16.9 Å². The molecule has 2 aromatic heterocycles. The van der Waals surface area contributed by atoms with E-state index in [1.54, 1.807) is 23.0 Å². The van der Waals surface area contributed by atoms with Gasteiger partial charge in [-0.15, -0.1) is 0 Å². The number of amides is 1. The first-order chi connectivity index (χ1) is 13.7. The molecule has 28 heavy (non-hydrogen) atoms. The van der Waals surface area contributed by atoms with Gasteiger partial charge in [-0.1, -0.05) is 42.5 Å². The molecule has 4 aromatic rings. The molecule has 2 aromatic carbocycles. The molecule has 0 saturated carbocycles. The van der Waals surface area contributed by atoms with Crippen LogP contribution in [0, 0.1) is 6.92 Å². The summed E-state index contributed by atoms with van der Waals surface area (Å²) in [7, 11) is 0. The second-order valence-corrected chi connectivity index (χ2v) is 6.45. The van der Waals surface area contributed by atoms with Gasteiger partial charge in [0.05, 0.1) is 5.69 Å². The minimum absolute atomic E-state index is 0.193. The fourth-order valence-electron chi connectivity index (χ4n) is 3.02. The summed E-state index contributed by atoms with van der Waals surface area (Å²) in [5, 5.41) is 7.28. The highest BCUT2D eigenvalue weighted by Gasteiger charge is 2.17. The smallest absolute Gasteiger partial charge is 0.257 e. The summed E-state index contributed by atoms with van der Waals surface area (Å²) in [5.41, 5.74) is 3.77. The molecule has 0 aliphatic rings. The van der Waals surface area contributed by atoms with Gasteiger partial charge in [0.2, 0.25) is 0 Å². The number of ether oxygens (including phenoxy) is 1. The van der Waals surface area contributed by atoms with E-state index in [1.807, 2.05) is 61.5 Å². The van der Waals surface area contributed by atoms with Gasteiger partial charge in [0.1, 0.15) is 17.9 Å². The third-order valence-electron chi connectivity index (χ3n) is 4.40. The minimum Gasteiger partial charge on any atom is -0.489 e. The lowest BCUT2D eigenvalue weighted by molar-refractivity contribution is 0.0951. The molecule has 2 heterocycles. The van der Waals surface area contributed by atoms with E-state index in [-0.39, 0.29) is 5.91 Å². The van der Waals surface area contributed by atoms with Crippen LogP contribution in [0.15, 0.2) is 73.1 Å². The maximum atomic E-state index is 12.7. The lowest BCUT2D eigenvalue weighted by Crippen LogP contribution is -2.23. The van der Waals surface area contributed by atoms with Crippen LogP contribution < -0.4 is 10.1 Å². The number of nitrogens with one attached hydrogen (secondary N) is 1. The second-order valence-electron chi connectivity index (χ2n) is 6.45. The standard InChI is InChI=1S/C22H20N4O2/c1-16-20(21-23-11-6-12-26(21)25-16)22(27)24-14-18-9-5-10-19(13-18)28-15-17-7-3-2-4-8-17/h2-13H,14-15H2,1H3,(H,24,27). The van der Waals surface area contributed by atoms with E-state index in [0.29, 0.717) is 30.1 Å². The van der Waals surface area contributed by atoms with Crippen LogP contribution in [0.25, 0.3) is 5.65 Å². The highest BCUT2D eigenvalue weighted by atomic mass is 16.5. The highest BCUT2D eigenvalue weighted by Crippen LogP contribution is 2.16. The maximum absolute atomic E-state index is 12.7. The van der Waals surface area contributed by atoms with E-state index >= 15 is 0 Å². The molecule has 0 atom stereocenters. The van der Waals surface area contributed by atoms with Gasteiger partial charge in [-0.2, -0.15) is 5.10 Å². The number of hydrogen-bond acceptors (Lipinski definition) is 4. The normalized spacial score (nSPS) is 10.8. The minimum atomic E-state index is -0.193. The number of nitrogens with zero attached hydrogens (tertiary/aromatic N) is 3. The van der Waals surface area contributed by atoms with Gasteiger partial charge in [0.25, 0.3) is 5.91 Å². The number of hydrogen-bond donors (Lipinski definition) is 1. The van der Waals surface area contributed by atoms with E-state index in [2.05, 4.69) is 15.4 Å². The predicted octanol–water partition coefficient (Wildman–Crippen LogP) is 3.55. The monoisotopic (exact) mass is 372 g/mol.